The van der Waals surface area contributed by atoms with E-state index < -0.39 is 23.6 Å². The monoisotopic (exact) mass is 370 g/mol. The molecule has 25 heavy (non-hydrogen) atoms. The molecule has 2 N–H and O–H groups in total. The first kappa shape index (κ1) is 18.5. The third kappa shape index (κ3) is 5.35. The third-order valence-electron chi connectivity index (χ3n) is 2.94. The van der Waals surface area contributed by atoms with E-state index in [0.29, 0.717) is 5.75 Å². The van der Waals surface area contributed by atoms with Gasteiger partial charge in [0, 0.05) is 11.6 Å². The van der Waals surface area contributed by atoms with Gasteiger partial charge in [-0.2, -0.15) is 13.2 Å². The van der Waals surface area contributed by atoms with Gasteiger partial charge in [0.1, 0.15) is 11.4 Å². The van der Waals surface area contributed by atoms with Crippen LogP contribution in [0.5, 0.6) is 5.75 Å². The molecule has 1 aromatic carbocycles. The Balaban J connectivity index is 2.15. The van der Waals surface area contributed by atoms with Crippen molar-refractivity contribution in [2.75, 3.05) is 7.11 Å². The predicted octanol–water partition coefficient (Wildman–Crippen LogP) is 3.32. The minimum Gasteiger partial charge on any atom is -0.497 e. The number of rotatable bonds is 6. The Morgan fingerprint density at radius 1 is 1.16 bits per heavy atom. The van der Waals surface area contributed by atoms with E-state index in [0.717, 1.165) is 11.3 Å². The van der Waals surface area contributed by atoms with Gasteiger partial charge >= 0.3 is 6.18 Å². The molecule has 1 aromatic heterocycles. The van der Waals surface area contributed by atoms with Crippen molar-refractivity contribution in [3.63, 3.8) is 0 Å². The van der Waals surface area contributed by atoms with Gasteiger partial charge in [-0.15, -0.1) is 11.3 Å². The number of carbonyl (C=O) groups is 2. The topological polar surface area (TPSA) is 67.4 Å². The van der Waals surface area contributed by atoms with Crippen molar-refractivity contribution in [2.24, 2.45) is 0 Å². The zero-order valence-corrected chi connectivity index (χ0v) is 13.7. The average molecular weight is 370 g/mol. The molecule has 0 unspecified atom stereocenters. The summed E-state index contributed by atoms with van der Waals surface area (Å²) in [5.41, 5.74) is 3.51. The molecule has 0 spiro atoms. The molecule has 0 saturated carbocycles. The van der Waals surface area contributed by atoms with Gasteiger partial charge in [0.2, 0.25) is 5.78 Å². The molecule has 2 rings (SSSR count). The Kier molecular flexibility index (Phi) is 5.81. The van der Waals surface area contributed by atoms with Crippen LogP contribution >= 0.6 is 11.3 Å². The maximum absolute atomic E-state index is 12.7. The van der Waals surface area contributed by atoms with Crippen molar-refractivity contribution < 1.29 is 27.5 Å². The van der Waals surface area contributed by atoms with E-state index in [4.69, 9.17) is 4.74 Å². The SMILES string of the molecule is COc1cccc(C(=O)NNC(=CC(F)(F)F)C(=O)c2cccs2)c1. The Morgan fingerprint density at radius 2 is 1.92 bits per heavy atom. The molecule has 9 heteroatoms. The molecule has 0 atom stereocenters. The minimum absolute atomic E-state index is 0.110. The fourth-order valence-electron chi connectivity index (χ4n) is 1.82. The molecular formula is C16H13F3N2O3S. The highest BCUT2D eigenvalue weighted by Crippen LogP contribution is 2.21. The molecule has 0 fully saturated rings. The summed E-state index contributed by atoms with van der Waals surface area (Å²) in [7, 11) is 1.42. The number of halogens is 3. The fourth-order valence-corrected chi connectivity index (χ4v) is 2.50. The van der Waals surface area contributed by atoms with Crippen LogP contribution in [-0.2, 0) is 0 Å². The molecule has 0 aliphatic rings. The summed E-state index contributed by atoms with van der Waals surface area (Å²) in [4.78, 5) is 24.3. The van der Waals surface area contributed by atoms with Crippen molar-refractivity contribution in [1.29, 1.82) is 0 Å². The van der Waals surface area contributed by atoms with E-state index in [-0.39, 0.29) is 16.5 Å². The number of Topliss-reactive ketones (excluding diaryl/α,β-unsaturated/α-hetero) is 1. The van der Waals surface area contributed by atoms with Crippen molar-refractivity contribution in [3.8, 4) is 5.75 Å². The van der Waals surface area contributed by atoms with Gasteiger partial charge in [-0.25, -0.2) is 0 Å². The number of methoxy groups -OCH3 is 1. The molecule has 1 heterocycles. The summed E-state index contributed by atoms with van der Waals surface area (Å²) in [6.07, 6.45) is -4.92. The number of hydrogen-bond acceptors (Lipinski definition) is 5. The van der Waals surface area contributed by atoms with Crippen LogP contribution in [0, 0.1) is 0 Å². The molecule has 2 aromatic rings. The number of hydrazine groups is 1. The quantitative estimate of drug-likeness (QED) is 0.465. The summed E-state index contributed by atoms with van der Waals surface area (Å²) in [6, 6.07) is 8.95. The van der Waals surface area contributed by atoms with Crippen LogP contribution in [0.1, 0.15) is 20.0 Å². The van der Waals surface area contributed by atoms with Crippen LogP contribution in [0.15, 0.2) is 53.6 Å². The zero-order chi connectivity index (χ0) is 18.4. The van der Waals surface area contributed by atoms with Crippen molar-refractivity contribution >= 4 is 23.0 Å². The molecule has 0 bridgehead atoms. The molecule has 0 aliphatic carbocycles. The van der Waals surface area contributed by atoms with Gasteiger partial charge < -0.3 is 4.74 Å². The first-order valence-electron chi connectivity index (χ1n) is 6.88. The molecule has 0 aliphatic heterocycles. The van der Waals surface area contributed by atoms with Gasteiger partial charge in [-0.3, -0.25) is 20.4 Å². The van der Waals surface area contributed by atoms with Crippen LogP contribution in [0.3, 0.4) is 0 Å². The van der Waals surface area contributed by atoms with Crippen LogP contribution in [0.2, 0.25) is 0 Å². The summed E-state index contributed by atoms with van der Waals surface area (Å²) >= 11 is 0.994. The zero-order valence-electron chi connectivity index (χ0n) is 12.9. The van der Waals surface area contributed by atoms with Crippen LogP contribution in [0.25, 0.3) is 0 Å². The Hall–Kier alpha value is -2.81. The lowest BCUT2D eigenvalue weighted by Gasteiger charge is -2.12. The second-order valence-corrected chi connectivity index (χ2v) is 5.66. The first-order chi connectivity index (χ1) is 11.8. The first-order valence-corrected chi connectivity index (χ1v) is 7.76. The summed E-state index contributed by atoms with van der Waals surface area (Å²) in [6.45, 7) is 0. The number of alkyl halides is 3. The van der Waals surface area contributed by atoms with E-state index in [1.807, 2.05) is 0 Å². The van der Waals surface area contributed by atoms with E-state index in [9.17, 15) is 22.8 Å². The Bertz CT molecular complexity index is 786. The smallest absolute Gasteiger partial charge is 0.411 e. The Morgan fingerprint density at radius 3 is 2.52 bits per heavy atom. The second-order valence-electron chi connectivity index (χ2n) is 4.72. The summed E-state index contributed by atoms with van der Waals surface area (Å²) < 4.78 is 42.9. The lowest BCUT2D eigenvalue weighted by molar-refractivity contribution is -0.0807. The molecule has 0 radical (unpaired) electrons. The lowest BCUT2D eigenvalue weighted by Crippen LogP contribution is -2.39. The number of hydrogen-bond donors (Lipinski definition) is 2. The number of ketones is 1. The second kappa shape index (κ2) is 7.84. The number of benzene rings is 1. The molecule has 5 nitrogen and oxygen atoms in total. The largest absolute Gasteiger partial charge is 0.497 e. The van der Waals surface area contributed by atoms with Crippen LogP contribution < -0.4 is 15.6 Å². The van der Waals surface area contributed by atoms with Gasteiger partial charge in [-0.1, -0.05) is 12.1 Å². The predicted molar refractivity (Wildman–Crippen MR) is 86.4 cm³/mol. The fraction of sp³-hybridized carbons (Fsp3) is 0.125. The molecule has 132 valence electrons. The summed E-state index contributed by atoms with van der Waals surface area (Å²) in [5.74, 6) is -1.18. The third-order valence-corrected chi connectivity index (χ3v) is 3.81. The van der Waals surface area contributed by atoms with Crippen LogP contribution in [-0.4, -0.2) is 25.0 Å². The number of allylic oxidation sites excluding steroid dienone is 2. The number of nitrogens with one attached hydrogen (secondary N) is 2. The number of amides is 1. The highest BCUT2D eigenvalue weighted by Gasteiger charge is 2.28. The molecular weight excluding hydrogens is 357 g/mol. The van der Waals surface area contributed by atoms with E-state index >= 15 is 0 Å². The minimum atomic E-state index is -4.73. The molecule has 1 amide bonds. The highest BCUT2D eigenvalue weighted by molar-refractivity contribution is 7.12. The van der Waals surface area contributed by atoms with Gasteiger partial charge in [0.25, 0.3) is 5.91 Å². The standard InChI is InChI=1S/C16H13F3N2O3S/c1-24-11-5-2-4-10(8-11)15(23)21-20-12(9-16(17,18)19)14(22)13-6-3-7-25-13/h2-9,20H,1H3,(H,21,23). The van der Waals surface area contributed by atoms with Gasteiger partial charge in [-0.05, 0) is 29.6 Å². The van der Waals surface area contributed by atoms with Crippen molar-refractivity contribution in [3.05, 3.63) is 64.0 Å². The maximum Gasteiger partial charge on any atom is 0.411 e. The maximum atomic E-state index is 12.7. The van der Waals surface area contributed by atoms with Gasteiger partial charge in [0.05, 0.1) is 12.0 Å². The normalized spacial score (nSPS) is 11.8. The number of thiophene rings is 1. The average Bonchev–Trinajstić information content (AvgIpc) is 3.11. The van der Waals surface area contributed by atoms with E-state index in [1.165, 1.54) is 31.4 Å². The lowest BCUT2D eigenvalue weighted by atomic mass is 10.2. The number of ether oxygens (including phenoxy) is 1. The van der Waals surface area contributed by atoms with Crippen molar-refractivity contribution in [1.82, 2.24) is 10.9 Å². The molecule has 0 saturated heterocycles. The van der Waals surface area contributed by atoms with Crippen molar-refractivity contribution in [2.45, 2.75) is 6.18 Å². The van der Waals surface area contributed by atoms with E-state index in [1.54, 1.807) is 17.5 Å². The van der Waals surface area contributed by atoms with Crippen LogP contribution in [0.4, 0.5) is 13.2 Å². The van der Waals surface area contributed by atoms with Gasteiger partial charge in [0.15, 0.2) is 0 Å². The summed E-state index contributed by atoms with van der Waals surface area (Å²) in [5, 5.41) is 1.56. The highest BCUT2D eigenvalue weighted by atomic mass is 32.1. The number of carbonyl (C=O) groups excluding carboxylic acids is 2. The van der Waals surface area contributed by atoms with E-state index in [2.05, 4.69) is 10.9 Å². The Labute approximate surface area is 145 Å².